The molecule has 2 aliphatic rings. The molecular weight excluding hydrogens is 333 g/mol. The Morgan fingerprint density at radius 3 is 1.96 bits per heavy atom. The number of hydrogen-bond acceptors (Lipinski definition) is 1. The van der Waals surface area contributed by atoms with Crippen molar-refractivity contribution in [1.82, 2.24) is 0 Å². The Labute approximate surface area is 164 Å². The third kappa shape index (κ3) is 5.80. The van der Waals surface area contributed by atoms with Gasteiger partial charge in [0.1, 0.15) is 6.07 Å². The van der Waals surface area contributed by atoms with Crippen LogP contribution in [0.1, 0.15) is 75.3 Å². The summed E-state index contributed by atoms with van der Waals surface area (Å²) in [6.07, 6.45) is 17.0. The summed E-state index contributed by atoms with van der Waals surface area (Å²) in [6, 6.07) is 10.8. The summed E-state index contributed by atoms with van der Waals surface area (Å²) in [5.74, 6) is 1.74. The second-order valence-electron chi connectivity index (χ2n) is 8.39. The van der Waals surface area contributed by atoms with Crippen molar-refractivity contribution in [2.45, 2.75) is 70.6 Å². The van der Waals surface area contributed by atoms with E-state index in [1.54, 1.807) is 6.07 Å². The Kier molecular flexibility index (Phi) is 7.27. The number of nitriles is 1. The molecule has 1 aromatic rings. The lowest BCUT2D eigenvalue weighted by molar-refractivity contribution is 0.346. The Morgan fingerprint density at radius 1 is 0.926 bits per heavy atom. The first-order valence-corrected chi connectivity index (χ1v) is 10.7. The summed E-state index contributed by atoms with van der Waals surface area (Å²) >= 11 is 0. The van der Waals surface area contributed by atoms with Gasteiger partial charge >= 0.3 is 0 Å². The van der Waals surface area contributed by atoms with Gasteiger partial charge < -0.3 is 0 Å². The van der Waals surface area contributed by atoms with Crippen LogP contribution in [-0.4, -0.2) is 0 Å². The fourth-order valence-corrected chi connectivity index (χ4v) is 4.73. The molecule has 1 aromatic carbocycles. The van der Waals surface area contributed by atoms with Crippen LogP contribution in [0.25, 0.3) is 0 Å². The molecule has 0 radical (unpaired) electrons. The number of halogens is 1. The molecule has 2 fully saturated rings. The van der Waals surface area contributed by atoms with Crippen LogP contribution < -0.4 is 0 Å². The summed E-state index contributed by atoms with van der Waals surface area (Å²) in [4.78, 5) is 0. The molecule has 0 spiro atoms. The molecule has 0 atom stereocenters. The van der Waals surface area contributed by atoms with Crippen LogP contribution >= 0.6 is 0 Å². The first kappa shape index (κ1) is 19.9. The molecule has 0 N–H and O–H groups in total. The summed E-state index contributed by atoms with van der Waals surface area (Å²) in [6.45, 7) is 2.21. The topological polar surface area (TPSA) is 23.8 Å². The number of nitrogens with zero attached hydrogens (tertiary/aromatic N) is 1. The predicted octanol–water partition coefficient (Wildman–Crippen LogP) is 7.26. The van der Waals surface area contributed by atoms with Crippen molar-refractivity contribution in [3.8, 4) is 6.07 Å². The minimum Gasteiger partial charge on any atom is -0.195 e. The van der Waals surface area contributed by atoms with Crippen molar-refractivity contribution < 1.29 is 4.39 Å². The van der Waals surface area contributed by atoms with Gasteiger partial charge in [0.2, 0.25) is 0 Å². The molecule has 0 heterocycles. The largest absolute Gasteiger partial charge is 0.196 e. The fourth-order valence-electron chi connectivity index (χ4n) is 4.73. The van der Waals surface area contributed by atoms with Gasteiger partial charge in [-0.3, -0.25) is 0 Å². The minimum absolute atomic E-state index is 0.254. The molecule has 144 valence electrons. The van der Waals surface area contributed by atoms with Gasteiger partial charge in [-0.2, -0.15) is 9.65 Å². The van der Waals surface area contributed by atoms with E-state index in [1.165, 1.54) is 42.9 Å². The maximum absolute atomic E-state index is 13.1. The molecule has 3 rings (SSSR count). The molecule has 0 saturated heterocycles. The third-order valence-corrected chi connectivity index (χ3v) is 6.59. The number of benzene rings is 1. The summed E-state index contributed by atoms with van der Waals surface area (Å²) < 4.78 is 13.1. The SMILES string of the molecule is CCc1ccc([C@H]2CC[C@H](C=C[C@H]3CC[C@H](C=C(F)C#N)CC3)CC2)cc1. The second-order valence-corrected chi connectivity index (χ2v) is 8.39. The first-order chi connectivity index (χ1) is 13.2. The quantitative estimate of drug-likeness (QED) is 0.398. The Bertz CT molecular complexity index is 678. The highest BCUT2D eigenvalue weighted by Crippen LogP contribution is 2.37. The highest BCUT2D eigenvalue weighted by Gasteiger charge is 2.22. The fraction of sp³-hybridized carbons (Fsp3) is 0.560. The van der Waals surface area contributed by atoms with Gasteiger partial charge in [0, 0.05) is 0 Å². The Morgan fingerprint density at radius 2 is 1.44 bits per heavy atom. The highest BCUT2D eigenvalue weighted by atomic mass is 19.1. The molecule has 0 bridgehead atoms. The van der Waals surface area contributed by atoms with E-state index in [0.29, 0.717) is 5.92 Å². The van der Waals surface area contributed by atoms with Crippen LogP contribution in [-0.2, 0) is 6.42 Å². The van der Waals surface area contributed by atoms with Gasteiger partial charge in [-0.1, -0.05) is 43.3 Å². The maximum Gasteiger partial charge on any atom is 0.196 e. The number of allylic oxidation sites excluding steroid dienone is 4. The molecule has 0 aliphatic heterocycles. The number of hydrogen-bond donors (Lipinski definition) is 0. The molecular formula is C25H32FN. The molecule has 0 amide bonds. The molecule has 2 heteroatoms. The van der Waals surface area contributed by atoms with E-state index in [0.717, 1.165) is 43.9 Å². The van der Waals surface area contributed by atoms with E-state index in [-0.39, 0.29) is 5.92 Å². The Balaban J connectivity index is 1.42. The Hall–Kier alpha value is -1.88. The monoisotopic (exact) mass is 365 g/mol. The van der Waals surface area contributed by atoms with E-state index in [4.69, 9.17) is 5.26 Å². The number of aryl methyl sites for hydroxylation is 1. The molecule has 2 aliphatic carbocycles. The van der Waals surface area contributed by atoms with E-state index in [2.05, 4.69) is 43.3 Å². The van der Waals surface area contributed by atoms with Crippen LogP contribution in [0, 0.1) is 29.1 Å². The van der Waals surface area contributed by atoms with Gasteiger partial charge in [0.05, 0.1) is 0 Å². The van der Waals surface area contributed by atoms with E-state index in [9.17, 15) is 4.39 Å². The van der Waals surface area contributed by atoms with Gasteiger partial charge in [-0.25, -0.2) is 0 Å². The van der Waals surface area contributed by atoms with Gasteiger partial charge in [-0.05, 0) is 98.7 Å². The first-order valence-electron chi connectivity index (χ1n) is 10.7. The lowest BCUT2D eigenvalue weighted by Crippen LogP contribution is -2.14. The van der Waals surface area contributed by atoms with Crippen molar-refractivity contribution in [3.05, 3.63) is 59.4 Å². The van der Waals surface area contributed by atoms with Crippen molar-refractivity contribution in [3.63, 3.8) is 0 Å². The van der Waals surface area contributed by atoms with Crippen LogP contribution in [0.3, 0.4) is 0 Å². The van der Waals surface area contributed by atoms with E-state index >= 15 is 0 Å². The highest BCUT2D eigenvalue weighted by molar-refractivity contribution is 5.26. The molecule has 0 aromatic heterocycles. The summed E-state index contributed by atoms with van der Waals surface area (Å²) in [7, 11) is 0. The normalized spacial score (nSPS) is 29.6. The van der Waals surface area contributed by atoms with Crippen molar-refractivity contribution in [2.75, 3.05) is 0 Å². The third-order valence-electron chi connectivity index (χ3n) is 6.59. The van der Waals surface area contributed by atoms with Crippen LogP contribution in [0.2, 0.25) is 0 Å². The zero-order chi connectivity index (χ0) is 19.1. The van der Waals surface area contributed by atoms with Crippen molar-refractivity contribution >= 4 is 0 Å². The van der Waals surface area contributed by atoms with Gasteiger partial charge in [-0.15, -0.1) is 0 Å². The van der Waals surface area contributed by atoms with Gasteiger partial charge in [0.25, 0.3) is 0 Å². The molecule has 27 heavy (non-hydrogen) atoms. The van der Waals surface area contributed by atoms with Crippen LogP contribution in [0.5, 0.6) is 0 Å². The van der Waals surface area contributed by atoms with Crippen LogP contribution in [0.4, 0.5) is 4.39 Å². The average Bonchev–Trinajstić information content (AvgIpc) is 2.73. The standard InChI is InChI=1S/C25H32FN/c1-2-19-9-13-23(14-10-19)24-15-11-21(12-16-24)4-3-20-5-7-22(8-6-20)17-25(26)18-27/h3-4,9-10,13-14,17,20-22,24H,2,5-8,11-12,15-16H2,1H3/t20-,21-,22-,24-. The lowest BCUT2D eigenvalue weighted by Gasteiger charge is -2.28. The smallest absolute Gasteiger partial charge is 0.195 e. The predicted molar refractivity (Wildman–Crippen MR) is 110 cm³/mol. The molecule has 1 nitrogen and oxygen atoms in total. The maximum atomic E-state index is 13.1. The second kappa shape index (κ2) is 9.88. The average molecular weight is 366 g/mol. The zero-order valence-corrected chi connectivity index (χ0v) is 16.5. The van der Waals surface area contributed by atoms with E-state index in [1.807, 2.05) is 0 Å². The number of rotatable bonds is 5. The molecule has 0 unspecified atom stereocenters. The summed E-state index contributed by atoms with van der Waals surface area (Å²) in [5.41, 5.74) is 2.95. The van der Waals surface area contributed by atoms with Gasteiger partial charge in [0.15, 0.2) is 5.83 Å². The van der Waals surface area contributed by atoms with Crippen LogP contribution in [0.15, 0.2) is 48.3 Å². The molecule has 2 saturated carbocycles. The van der Waals surface area contributed by atoms with Crippen molar-refractivity contribution in [1.29, 1.82) is 5.26 Å². The summed E-state index contributed by atoms with van der Waals surface area (Å²) in [5, 5.41) is 8.56. The lowest BCUT2D eigenvalue weighted by atomic mass is 9.77. The van der Waals surface area contributed by atoms with Crippen molar-refractivity contribution in [2.24, 2.45) is 17.8 Å². The van der Waals surface area contributed by atoms with E-state index < -0.39 is 5.83 Å². The zero-order valence-electron chi connectivity index (χ0n) is 16.5. The minimum atomic E-state index is -0.616.